The zero-order valence-electron chi connectivity index (χ0n) is 13.4. The molecule has 0 saturated carbocycles. The summed E-state index contributed by atoms with van der Waals surface area (Å²) in [5.74, 6) is 0.0360. The van der Waals surface area contributed by atoms with Crippen molar-refractivity contribution >= 4 is 21.6 Å². The van der Waals surface area contributed by atoms with E-state index in [9.17, 15) is 13.5 Å². The lowest BCUT2D eigenvalue weighted by Crippen LogP contribution is -2.27. The minimum Gasteiger partial charge on any atom is -0.396 e. The summed E-state index contributed by atoms with van der Waals surface area (Å²) in [6.45, 7) is 0.414. The van der Waals surface area contributed by atoms with E-state index in [0.29, 0.717) is 30.0 Å². The van der Waals surface area contributed by atoms with Gasteiger partial charge in [0, 0.05) is 18.2 Å². The summed E-state index contributed by atoms with van der Waals surface area (Å²) < 4.78 is 27.0. The number of rotatable bonds is 9. The molecule has 2 N–H and O–H groups in total. The van der Waals surface area contributed by atoms with E-state index >= 15 is 0 Å². The number of hydrogen-bond donors (Lipinski definition) is 2. The molecule has 0 amide bonds. The molecule has 0 saturated heterocycles. The molecule has 0 aromatic heterocycles. The third-order valence-corrected chi connectivity index (χ3v) is 5.40. The van der Waals surface area contributed by atoms with Crippen LogP contribution in [0.3, 0.4) is 0 Å². The van der Waals surface area contributed by atoms with Crippen LogP contribution in [0.2, 0.25) is 5.02 Å². The quantitative estimate of drug-likeness (QED) is 0.714. The van der Waals surface area contributed by atoms with E-state index in [0.717, 1.165) is 5.56 Å². The molecule has 130 valence electrons. The van der Waals surface area contributed by atoms with Gasteiger partial charge in [-0.1, -0.05) is 54.1 Å². The van der Waals surface area contributed by atoms with Crippen molar-refractivity contribution in [1.29, 1.82) is 0 Å². The fourth-order valence-electron chi connectivity index (χ4n) is 2.64. The number of hydrogen-bond acceptors (Lipinski definition) is 3. The van der Waals surface area contributed by atoms with Crippen molar-refractivity contribution in [1.82, 2.24) is 4.72 Å². The van der Waals surface area contributed by atoms with E-state index in [2.05, 4.69) is 4.72 Å². The molecule has 2 aromatic rings. The highest BCUT2D eigenvalue weighted by atomic mass is 35.5. The monoisotopic (exact) mass is 367 g/mol. The van der Waals surface area contributed by atoms with Gasteiger partial charge in [0.2, 0.25) is 10.0 Å². The zero-order chi connectivity index (χ0) is 17.4. The topological polar surface area (TPSA) is 66.4 Å². The van der Waals surface area contributed by atoms with Gasteiger partial charge in [0.1, 0.15) is 0 Å². The Morgan fingerprint density at radius 3 is 2.46 bits per heavy atom. The smallest absolute Gasteiger partial charge is 0.215 e. The highest BCUT2D eigenvalue weighted by Gasteiger charge is 2.15. The lowest BCUT2D eigenvalue weighted by atomic mass is 9.93. The minimum atomic E-state index is -3.42. The van der Waals surface area contributed by atoms with Crippen molar-refractivity contribution in [3.8, 4) is 0 Å². The molecule has 0 heterocycles. The second kappa shape index (κ2) is 9.18. The Kier molecular flexibility index (Phi) is 7.24. The summed E-state index contributed by atoms with van der Waals surface area (Å²) in [5.41, 5.74) is 1.77. The van der Waals surface area contributed by atoms with Crippen LogP contribution in [0.5, 0.6) is 0 Å². The first-order chi connectivity index (χ1) is 11.5. The van der Waals surface area contributed by atoms with Crippen LogP contribution in [-0.4, -0.2) is 26.7 Å². The number of halogens is 1. The molecule has 0 spiro atoms. The fourth-order valence-corrected chi connectivity index (χ4v) is 4.01. The number of aliphatic hydroxyl groups excluding tert-OH is 1. The summed E-state index contributed by atoms with van der Waals surface area (Å²) >= 11 is 5.88. The predicted octanol–water partition coefficient (Wildman–Crippen LogP) is 3.32. The van der Waals surface area contributed by atoms with Gasteiger partial charge in [0.15, 0.2) is 0 Å². The summed E-state index contributed by atoms with van der Waals surface area (Å²) in [6.07, 6.45) is 1.25. The highest BCUT2D eigenvalue weighted by Crippen LogP contribution is 2.22. The molecular weight excluding hydrogens is 346 g/mol. The van der Waals surface area contributed by atoms with E-state index in [-0.39, 0.29) is 18.3 Å². The molecule has 1 unspecified atom stereocenters. The second-order valence-corrected chi connectivity index (χ2v) is 7.94. The molecule has 4 nitrogen and oxygen atoms in total. The maximum atomic E-state index is 12.2. The lowest BCUT2D eigenvalue weighted by Gasteiger charge is -2.16. The molecular formula is C18H22ClNO3S. The second-order valence-electron chi connectivity index (χ2n) is 5.69. The molecule has 1 atom stereocenters. The van der Waals surface area contributed by atoms with Crippen LogP contribution >= 0.6 is 11.6 Å². The van der Waals surface area contributed by atoms with Gasteiger partial charge in [-0.05, 0) is 42.0 Å². The Bertz CT molecular complexity index is 735. The maximum absolute atomic E-state index is 12.2. The average molecular weight is 368 g/mol. The summed E-state index contributed by atoms with van der Waals surface area (Å²) in [7, 11) is -3.42. The highest BCUT2D eigenvalue weighted by molar-refractivity contribution is 7.88. The number of nitrogens with one attached hydrogen (secondary N) is 1. The third-order valence-electron chi connectivity index (χ3n) is 3.81. The van der Waals surface area contributed by atoms with Gasteiger partial charge < -0.3 is 5.11 Å². The van der Waals surface area contributed by atoms with Crippen LogP contribution in [0.15, 0.2) is 54.6 Å². The number of benzene rings is 2. The molecule has 0 fully saturated rings. The standard InChI is InChI=1S/C18H22ClNO3S/c19-18-8-4-5-15(13-18)14-24(22,23)20-11-9-17(10-12-21)16-6-2-1-3-7-16/h1-8,13,17,20-21H,9-12,14H2. The first-order valence-corrected chi connectivity index (χ1v) is 9.91. The number of sulfonamides is 1. The van der Waals surface area contributed by atoms with Gasteiger partial charge in [-0.3, -0.25) is 0 Å². The van der Waals surface area contributed by atoms with Crippen LogP contribution < -0.4 is 4.72 Å². The van der Waals surface area contributed by atoms with E-state index in [1.54, 1.807) is 24.3 Å². The summed E-state index contributed by atoms with van der Waals surface area (Å²) in [6, 6.07) is 16.7. The Balaban J connectivity index is 1.91. The SMILES string of the molecule is O=S(=O)(Cc1cccc(Cl)c1)NCCC(CCO)c1ccccc1. The van der Waals surface area contributed by atoms with Gasteiger partial charge in [-0.15, -0.1) is 0 Å². The Morgan fingerprint density at radius 1 is 1.04 bits per heavy atom. The van der Waals surface area contributed by atoms with Crippen LogP contribution in [0, 0.1) is 0 Å². The first-order valence-electron chi connectivity index (χ1n) is 7.88. The third kappa shape index (κ3) is 6.24. The minimum absolute atomic E-state index is 0.0782. The molecule has 0 aliphatic carbocycles. The van der Waals surface area contributed by atoms with Crippen molar-refractivity contribution in [2.75, 3.05) is 13.2 Å². The van der Waals surface area contributed by atoms with Crippen molar-refractivity contribution in [3.63, 3.8) is 0 Å². The molecule has 0 aliphatic heterocycles. The van der Waals surface area contributed by atoms with Crippen LogP contribution in [0.25, 0.3) is 0 Å². The normalized spacial score (nSPS) is 12.9. The first kappa shape index (κ1) is 18.9. The fraction of sp³-hybridized carbons (Fsp3) is 0.333. The number of aliphatic hydroxyl groups is 1. The molecule has 6 heteroatoms. The molecule has 2 aromatic carbocycles. The summed E-state index contributed by atoms with van der Waals surface area (Å²) in [4.78, 5) is 0. The Hall–Kier alpha value is -1.40. The van der Waals surface area contributed by atoms with Crippen molar-refractivity contribution in [2.24, 2.45) is 0 Å². The van der Waals surface area contributed by atoms with E-state index < -0.39 is 10.0 Å². The van der Waals surface area contributed by atoms with Crippen molar-refractivity contribution in [3.05, 3.63) is 70.7 Å². The van der Waals surface area contributed by atoms with E-state index in [1.165, 1.54) is 0 Å². The van der Waals surface area contributed by atoms with Gasteiger partial charge in [0.25, 0.3) is 0 Å². The van der Waals surface area contributed by atoms with Crippen molar-refractivity contribution < 1.29 is 13.5 Å². The summed E-state index contributed by atoms with van der Waals surface area (Å²) in [5, 5.41) is 9.75. The predicted molar refractivity (Wildman–Crippen MR) is 97.6 cm³/mol. The van der Waals surface area contributed by atoms with Crippen molar-refractivity contribution in [2.45, 2.75) is 24.5 Å². The van der Waals surface area contributed by atoms with E-state index in [1.807, 2.05) is 30.3 Å². The molecule has 0 bridgehead atoms. The Labute approximate surface area is 148 Å². The lowest BCUT2D eigenvalue weighted by molar-refractivity contribution is 0.273. The van der Waals surface area contributed by atoms with Gasteiger partial charge in [0.05, 0.1) is 5.75 Å². The molecule has 24 heavy (non-hydrogen) atoms. The van der Waals surface area contributed by atoms with Crippen LogP contribution in [0.1, 0.15) is 29.9 Å². The van der Waals surface area contributed by atoms with Crippen LogP contribution in [0.4, 0.5) is 0 Å². The zero-order valence-corrected chi connectivity index (χ0v) is 14.9. The average Bonchev–Trinajstić information content (AvgIpc) is 2.54. The molecule has 2 rings (SSSR count). The van der Waals surface area contributed by atoms with Gasteiger partial charge in [-0.2, -0.15) is 0 Å². The molecule has 0 aliphatic rings. The molecule has 0 radical (unpaired) electrons. The van der Waals surface area contributed by atoms with Gasteiger partial charge in [-0.25, -0.2) is 13.1 Å². The van der Waals surface area contributed by atoms with Crippen LogP contribution in [-0.2, 0) is 15.8 Å². The largest absolute Gasteiger partial charge is 0.396 e. The van der Waals surface area contributed by atoms with E-state index in [4.69, 9.17) is 11.6 Å². The Morgan fingerprint density at radius 2 is 1.79 bits per heavy atom. The maximum Gasteiger partial charge on any atom is 0.215 e. The van der Waals surface area contributed by atoms with Gasteiger partial charge >= 0.3 is 0 Å².